The average molecular weight is 360 g/mol. The lowest BCUT2D eigenvalue weighted by Gasteiger charge is -2.20. The normalized spacial score (nSPS) is 10.2. The van der Waals surface area contributed by atoms with Gasteiger partial charge in [0.2, 0.25) is 5.91 Å². The molecule has 116 valence electrons. The maximum absolute atomic E-state index is 12.0. The first-order valence-corrected chi connectivity index (χ1v) is 7.19. The standard InChI is InChI=1S/C14H18BrNO5/c1-20-8-6-16(10-14(18)19)13(17)5-7-21-12-4-2-3-11(15)9-12/h2-4,9H,5-8,10H2,1H3,(H,18,19). The van der Waals surface area contributed by atoms with Gasteiger partial charge < -0.3 is 19.5 Å². The van der Waals surface area contributed by atoms with Gasteiger partial charge in [-0.3, -0.25) is 9.59 Å². The minimum absolute atomic E-state index is 0.115. The molecule has 0 atom stereocenters. The van der Waals surface area contributed by atoms with Gasteiger partial charge in [0.25, 0.3) is 0 Å². The molecule has 0 aromatic heterocycles. The lowest BCUT2D eigenvalue weighted by Crippen LogP contribution is -2.38. The van der Waals surface area contributed by atoms with Crippen LogP contribution >= 0.6 is 15.9 Å². The molecule has 0 fully saturated rings. The van der Waals surface area contributed by atoms with E-state index >= 15 is 0 Å². The van der Waals surface area contributed by atoms with Crippen LogP contribution in [0.5, 0.6) is 5.75 Å². The van der Waals surface area contributed by atoms with Crippen molar-refractivity contribution in [2.24, 2.45) is 0 Å². The molecule has 1 aromatic rings. The fraction of sp³-hybridized carbons (Fsp3) is 0.429. The topological polar surface area (TPSA) is 76.1 Å². The zero-order chi connectivity index (χ0) is 15.7. The molecule has 0 aliphatic carbocycles. The van der Waals surface area contributed by atoms with Crippen LogP contribution in [0.1, 0.15) is 6.42 Å². The highest BCUT2D eigenvalue weighted by Crippen LogP contribution is 2.17. The molecule has 0 unspecified atom stereocenters. The number of methoxy groups -OCH3 is 1. The number of halogens is 1. The second kappa shape index (κ2) is 9.36. The minimum Gasteiger partial charge on any atom is -0.493 e. The Balaban J connectivity index is 2.43. The van der Waals surface area contributed by atoms with Gasteiger partial charge in [-0.05, 0) is 18.2 Å². The highest BCUT2D eigenvalue weighted by Gasteiger charge is 2.16. The second-order valence-corrected chi connectivity index (χ2v) is 5.17. The SMILES string of the molecule is COCCN(CC(=O)O)C(=O)CCOc1cccc(Br)c1. The number of ether oxygens (including phenoxy) is 2. The van der Waals surface area contributed by atoms with E-state index in [1.807, 2.05) is 12.1 Å². The molecule has 1 rings (SSSR count). The number of amides is 1. The van der Waals surface area contributed by atoms with Crippen LogP contribution in [0.15, 0.2) is 28.7 Å². The first kappa shape index (κ1) is 17.5. The number of benzene rings is 1. The molecule has 1 N–H and O–H groups in total. The Morgan fingerprint density at radius 1 is 1.33 bits per heavy atom. The van der Waals surface area contributed by atoms with Gasteiger partial charge in [-0.1, -0.05) is 22.0 Å². The van der Waals surface area contributed by atoms with Crippen LogP contribution < -0.4 is 4.74 Å². The first-order chi connectivity index (χ1) is 10.0. The predicted octanol–water partition coefficient (Wildman–Crippen LogP) is 1.78. The maximum Gasteiger partial charge on any atom is 0.323 e. The Morgan fingerprint density at radius 2 is 2.10 bits per heavy atom. The summed E-state index contributed by atoms with van der Waals surface area (Å²) in [4.78, 5) is 23.9. The molecule has 6 nitrogen and oxygen atoms in total. The summed E-state index contributed by atoms with van der Waals surface area (Å²) >= 11 is 3.33. The molecule has 0 aliphatic heterocycles. The lowest BCUT2D eigenvalue weighted by molar-refractivity contribution is -0.145. The average Bonchev–Trinajstić information content (AvgIpc) is 2.43. The van der Waals surface area contributed by atoms with Crippen molar-refractivity contribution >= 4 is 27.8 Å². The fourth-order valence-corrected chi connectivity index (χ4v) is 2.01. The van der Waals surface area contributed by atoms with E-state index in [-0.39, 0.29) is 32.0 Å². The number of carbonyl (C=O) groups is 2. The summed E-state index contributed by atoms with van der Waals surface area (Å²) < 4.78 is 11.2. The number of carboxylic acid groups (broad SMARTS) is 1. The van der Waals surface area contributed by atoms with Gasteiger partial charge in [-0.25, -0.2) is 0 Å². The molecule has 0 saturated heterocycles. The molecule has 21 heavy (non-hydrogen) atoms. The molecular formula is C14H18BrNO5. The Kier molecular flexibility index (Phi) is 7.78. The summed E-state index contributed by atoms with van der Waals surface area (Å²) in [5.74, 6) is -0.671. The van der Waals surface area contributed by atoms with Crippen molar-refractivity contribution in [3.8, 4) is 5.75 Å². The number of carboxylic acids is 1. The molecule has 7 heteroatoms. The largest absolute Gasteiger partial charge is 0.493 e. The highest BCUT2D eigenvalue weighted by molar-refractivity contribution is 9.10. The van der Waals surface area contributed by atoms with Crippen molar-refractivity contribution < 1.29 is 24.2 Å². The number of aliphatic carboxylic acids is 1. The third kappa shape index (κ3) is 7.10. The quantitative estimate of drug-likeness (QED) is 0.727. The Morgan fingerprint density at radius 3 is 2.71 bits per heavy atom. The monoisotopic (exact) mass is 359 g/mol. The van der Waals surface area contributed by atoms with Crippen molar-refractivity contribution in [2.75, 3.05) is 33.4 Å². The second-order valence-electron chi connectivity index (χ2n) is 4.26. The van der Waals surface area contributed by atoms with Crippen LogP contribution in [0.25, 0.3) is 0 Å². The van der Waals surface area contributed by atoms with E-state index in [4.69, 9.17) is 14.6 Å². The maximum atomic E-state index is 12.0. The van der Waals surface area contributed by atoms with Gasteiger partial charge in [0, 0.05) is 18.1 Å². The molecule has 0 spiro atoms. The van der Waals surface area contributed by atoms with Crippen molar-refractivity contribution in [3.63, 3.8) is 0 Å². The predicted molar refractivity (Wildman–Crippen MR) is 80.3 cm³/mol. The third-order valence-corrected chi connectivity index (χ3v) is 3.12. The van der Waals surface area contributed by atoms with E-state index < -0.39 is 5.97 Å². The van der Waals surface area contributed by atoms with Gasteiger partial charge in [0.05, 0.1) is 19.6 Å². The lowest BCUT2D eigenvalue weighted by atomic mass is 10.3. The van der Waals surface area contributed by atoms with E-state index in [0.717, 1.165) is 4.47 Å². The number of nitrogens with zero attached hydrogens (tertiary/aromatic N) is 1. The Hall–Kier alpha value is -1.60. The molecule has 0 radical (unpaired) electrons. The van der Waals surface area contributed by atoms with E-state index in [2.05, 4.69) is 15.9 Å². The summed E-state index contributed by atoms with van der Waals surface area (Å²) in [7, 11) is 1.50. The van der Waals surface area contributed by atoms with Crippen LogP contribution in [-0.2, 0) is 14.3 Å². The van der Waals surface area contributed by atoms with Crippen LogP contribution in [0, 0.1) is 0 Å². The van der Waals surface area contributed by atoms with Gasteiger partial charge >= 0.3 is 5.97 Å². The van der Waals surface area contributed by atoms with Gasteiger partial charge in [-0.15, -0.1) is 0 Å². The van der Waals surface area contributed by atoms with Crippen LogP contribution in [0.2, 0.25) is 0 Å². The van der Waals surface area contributed by atoms with Gasteiger partial charge in [0.1, 0.15) is 12.3 Å². The number of hydrogen-bond acceptors (Lipinski definition) is 4. The Labute approximate surface area is 131 Å². The summed E-state index contributed by atoms with van der Waals surface area (Å²) in [6.45, 7) is 0.404. The van der Waals surface area contributed by atoms with Crippen molar-refractivity contribution in [1.82, 2.24) is 4.90 Å². The summed E-state index contributed by atoms with van der Waals surface area (Å²) in [5, 5.41) is 8.79. The van der Waals surface area contributed by atoms with Crippen molar-refractivity contribution in [3.05, 3.63) is 28.7 Å². The summed E-state index contributed by atoms with van der Waals surface area (Å²) in [6.07, 6.45) is 0.115. The summed E-state index contributed by atoms with van der Waals surface area (Å²) in [5.41, 5.74) is 0. The van der Waals surface area contributed by atoms with Crippen LogP contribution in [0.4, 0.5) is 0 Å². The third-order valence-electron chi connectivity index (χ3n) is 2.62. The molecule has 0 aliphatic rings. The molecule has 1 aromatic carbocycles. The zero-order valence-electron chi connectivity index (χ0n) is 11.8. The Bertz CT molecular complexity index is 480. The minimum atomic E-state index is -1.05. The van der Waals surface area contributed by atoms with Crippen molar-refractivity contribution in [1.29, 1.82) is 0 Å². The van der Waals surface area contributed by atoms with Crippen molar-refractivity contribution in [2.45, 2.75) is 6.42 Å². The van der Waals surface area contributed by atoms with Crippen LogP contribution in [-0.4, -0.2) is 55.3 Å². The highest BCUT2D eigenvalue weighted by atomic mass is 79.9. The summed E-state index contributed by atoms with van der Waals surface area (Å²) in [6, 6.07) is 7.29. The molecule has 0 heterocycles. The van der Waals surface area contributed by atoms with Gasteiger partial charge in [0.15, 0.2) is 0 Å². The first-order valence-electron chi connectivity index (χ1n) is 6.40. The van der Waals surface area contributed by atoms with Gasteiger partial charge in [-0.2, -0.15) is 0 Å². The number of hydrogen-bond donors (Lipinski definition) is 1. The van der Waals surface area contributed by atoms with E-state index in [9.17, 15) is 9.59 Å². The van der Waals surface area contributed by atoms with E-state index in [1.165, 1.54) is 12.0 Å². The van der Waals surface area contributed by atoms with Crippen LogP contribution in [0.3, 0.4) is 0 Å². The van der Waals surface area contributed by atoms with E-state index in [0.29, 0.717) is 12.4 Å². The number of carbonyl (C=O) groups excluding carboxylic acids is 1. The zero-order valence-corrected chi connectivity index (χ0v) is 13.3. The fourth-order valence-electron chi connectivity index (χ4n) is 1.63. The smallest absolute Gasteiger partial charge is 0.323 e. The molecule has 0 bridgehead atoms. The molecule has 0 saturated carbocycles. The van der Waals surface area contributed by atoms with E-state index in [1.54, 1.807) is 12.1 Å². The molecular weight excluding hydrogens is 342 g/mol. The molecule has 1 amide bonds. The number of rotatable bonds is 9.